The minimum Gasteiger partial charge on any atom is -0.330 e. The van der Waals surface area contributed by atoms with Gasteiger partial charge in [-0.1, -0.05) is 0 Å². The van der Waals surface area contributed by atoms with Crippen molar-refractivity contribution in [2.75, 3.05) is 18.0 Å². The van der Waals surface area contributed by atoms with Gasteiger partial charge in [0, 0.05) is 44.5 Å². The number of benzene rings is 1. The normalized spacial score (nSPS) is 16.2. The predicted molar refractivity (Wildman–Crippen MR) is 104 cm³/mol. The smallest absolute Gasteiger partial charge is 0.240 e. The second kappa shape index (κ2) is 6.18. The van der Waals surface area contributed by atoms with Crippen LogP contribution in [0, 0.1) is 6.92 Å². The van der Waals surface area contributed by atoms with E-state index in [9.17, 15) is 13.2 Å². The molecule has 0 saturated carbocycles. The minimum absolute atomic E-state index is 0.133. The highest BCUT2D eigenvalue weighted by atomic mass is 32.2. The number of aromatic nitrogens is 3. The topological polar surface area (TPSA) is 88.7 Å². The molecule has 0 unspecified atom stereocenters. The van der Waals surface area contributed by atoms with Crippen LogP contribution >= 0.6 is 0 Å². The lowest BCUT2D eigenvalue weighted by atomic mass is 10.00. The summed E-state index contributed by atoms with van der Waals surface area (Å²) in [5, 5.41) is 4.34. The number of nitrogens with zero attached hydrogens (tertiary/aromatic N) is 4. The number of hydrogen-bond acceptors (Lipinski definition) is 4. The van der Waals surface area contributed by atoms with Gasteiger partial charge in [0.1, 0.15) is 5.65 Å². The van der Waals surface area contributed by atoms with Gasteiger partial charge in [-0.15, -0.1) is 0 Å². The molecule has 2 aliphatic rings. The molecule has 0 fully saturated rings. The highest BCUT2D eigenvalue weighted by molar-refractivity contribution is 7.89. The van der Waals surface area contributed by atoms with Crippen molar-refractivity contribution in [3.63, 3.8) is 0 Å². The van der Waals surface area contributed by atoms with Crippen LogP contribution in [0.15, 0.2) is 35.5 Å². The van der Waals surface area contributed by atoms with Crippen LogP contribution in [-0.2, 0) is 34.2 Å². The van der Waals surface area contributed by atoms with E-state index in [0.29, 0.717) is 32.4 Å². The average molecular weight is 399 g/mol. The molecule has 0 saturated heterocycles. The van der Waals surface area contributed by atoms with E-state index in [2.05, 4.69) is 9.82 Å². The summed E-state index contributed by atoms with van der Waals surface area (Å²) in [6.07, 6.45) is 5.50. The lowest BCUT2D eigenvalue weighted by Gasteiger charge is -2.25. The predicted octanol–water partition coefficient (Wildman–Crippen LogP) is 1.26. The van der Waals surface area contributed by atoms with Gasteiger partial charge < -0.3 is 9.47 Å². The monoisotopic (exact) mass is 399 g/mol. The Morgan fingerprint density at radius 1 is 1.11 bits per heavy atom. The van der Waals surface area contributed by atoms with Gasteiger partial charge in [-0.25, -0.2) is 17.7 Å². The van der Waals surface area contributed by atoms with E-state index in [1.807, 2.05) is 30.0 Å². The van der Waals surface area contributed by atoms with Crippen molar-refractivity contribution in [1.82, 2.24) is 18.9 Å². The van der Waals surface area contributed by atoms with Gasteiger partial charge in [-0.05, 0) is 43.0 Å². The van der Waals surface area contributed by atoms with Crippen LogP contribution in [0.3, 0.4) is 0 Å². The fourth-order valence-electron chi connectivity index (χ4n) is 4.20. The van der Waals surface area contributed by atoms with Crippen molar-refractivity contribution in [2.45, 2.75) is 37.6 Å². The Morgan fingerprint density at radius 2 is 1.89 bits per heavy atom. The van der Waals surface area contributed by atoms with Crippen LogP contribution in [-0.4, -0.2) is 41.6 Å². The Balaban J connectivity index is 1.35. The number of fused-ring (bicyclic) bond motifs is 1. The molecule has 1 aromatic carbocycles. The molecule has 2 aliphatic heterocycles. The molecular weight excluding hydrogens is 378 g/mol. The summed E-state index contributed by atoms with van der Waals surface area (Å²) >= 11 is 0. The fraction of sp³-hybridized carbons (Fsp3) is 0.368. The summed E-state index contributed by atoms with van der Waals surface area (Å²) in [6.45, 7) is 3.37. The molecule has 5 rings (SSSR count). The van der Waals surface area contributed by atoms with Crippen LogP contribution in [0.5, 0.6) is 0 Å². The van der Waals surface area contributed by atoms with Gasteiger partial charge >= 0.3 is 0 Å². The zero-order valence-corrected chi connectivity index (χ0v) is 16.4. The molecule has 0 radical (unpaired) electrons. The van der Waals surface area contributed by atoms with E-state index < -0.39 is 10.0 Å². The molecule has 2 aromatic heterocycles. The van der Waals surface area contributed by atoms with E-state index in [1.54, 1.807) is 21.5 Å². The van der Waals surface area contributed by atoms with Crippen LogP contribution < -0.4 is 9.62 Å². The molecule has 28 heavy (non-hydrogen) atoms. The lowest BCUT2D eigenvalue weighted by Crippen LogP contribution is -2.33. The average Bonchev–Trinajstić information content (AvgIpc) is 3.34. The number of hydrogen-bond donors (Lipinski definition) is 1. The van der Waals surface area contributed by atoms with Gasteiger partial charge in [0.05, 0.1) is 16.3 Å². The number of imidazole rings is 1. The van der Waals surface area contributed by atoms with Gasteiger partial charge in [-0.2, -0.15) is 5.10 Å². The summed E-state index contributed by atoms with van der Waals surface area (Å²) in [5.41, 5.74) is 4.69. The number of anilines is 1. The van der Waals surface area contributed by atoms with Crippen molar-refractivity contribution >= 4 is 27.3 Å². The molecule has 146 valence electrons. The molecule has 0 bridgehead atoms. The first kappa shape index (κ1) is 17.4. The Morgan fingerprint density at radius 3 is 2.71 bits per heavy atom. The number of nitrogens with one attached hydrogen (secondary N) is 1. The highest BCUT2D eigenvalue weighted by Crippen LogP contribution is 2.38. The first-order chi connectivity index (χ1) is 13.4. The maximum Gasteiger partial charge on any atom is 0.240 e. The summed E-state index contributed by atoms with van der Waals surface area (Å²) in [6, 6.07) is 5.40. The molecule has 9 heteroatoms. The molecule has 1 amide bonds. The molecule has 1 N–H and O–H groups in total. The van der Waals surface area contributed by atoms with Gasteiger partial charge in [0.25, 0.3) is 0 Å². The molecule has 0 spiro atoms. The van der Waals surface area contributed by atoms with Gasteiger partial charge in [0.15, 0.2) is 0 Å². The standard InChI is InChI=1S/C19H21N5O3S/c1-13-10-17-22(8-9-24(17)21-13)7-5-20-28(26,27)16-11-14-2-3-18(25)23-6-4-15(12-16)19(14)23/h8-12,20H,2-7H2,1H3. The first-order valence-electron chi connectivity index (χ1n) is 9.39. The van der Waals surface area contributed by atoms with E-state index >= 15 is 0 Å². The van der Waals surface area contributed by atoms with Crippen LogP contribution in [0.1, 0.15) is 23.2 Å². The van der Waals surface area contributed by atoms with E-state index in [0.717, 1.165) is 28.2 Å². The van der Waals surface area contributed by atoms with E-state index in [-0.39, 0.29) is 17.3 Å². The van der Waals surface area contributed by atoms with Crippen molar-refractivity contribution in [3.05, 3.63) is 47.4 Å². The van der Waals surface area contributed by atoms with Crippen molar-refractivity contribution in [3.8, 4) is 0 Å². The molecule has 0 aliphatic carbocycles. The molecular formula is C19H21N5O3S. The molecule has 8 nitrogen and oxygen atoms in total. The Bertz CT molecular complexity index is 1210. The van der Waals surface area contributed by atoms with Crippen molar-refractivity contribution in [2.24, 2.45) is 0 Å². The Kier molecular flexibility index (Phi) is 3.85. The molecule has 0 atom stereocenters. The minimum atomic E-state index is -3.61. The SMILES string of the molecule is Cc1cc2n(CCNS(=O)(=O)c3cc4c5c(c3)CCN5C(=O)CC4)ccn2n1. The summed E-state index contributed by atoms with van der Waals surface area (Å²) in [7, 11) is -3.61. The fourth-order valence-corrected chi connectivity index (χ4v) is 5.32. The largest absolute Gasteiger partial charge is 0.330 e. The third kappa shape index (κ3) is 2.73. The quantitative estimate of drug-likeness (QED) is 0.700. The maximum absolute atomic E-state index is 12.8. The number of rotatable bonds is 5. The summed E-state index contributed by atoms with van der Waals surface area (Å²) in [5.74, 6) is 0.133. The highest BCUT2D eigenvalue weighted by Gasteiger charge is 2.32. The van der Waals surface area contributed by atoms with Crippen LogP contribution in [0.25, 0.3) is 5.65 Å². The van der Waals surface area contributed by atoms with Crippen molar-refractivity contribution in [1.29, 1.82) is 0 Å². The molecule has 4 heterocycles. The zero-order chi connectivity index (χ0) is 19.5. The van der Waals surface area contributed by atoms with Crippen LogP contribution in [0.4, 0.5) is 5.69 Å². The van der Waals surface area contributed by atoms with Gasteiger partial charge in [0.2, 0.25) is 15.9 Å². The third-order valence-corrected chi connectivity index (χ3v) is 6.94. The zero-order valence-electron chi connectivity index (χ0n) is 15.6. The number of carbonyl (C=O) groups excluding carboxylic acids is 1. The van der Waals surface area contributed by atoms with E-state index in [1.165, 1.54) is 0 Å². The number of amides is 1. The van der Waals surface area contributed by atoms with Crippen molar-refractivity contribution < 1.29 is 13.2 Å². The molecule has 3 aromatic rings. The first-order valence-corrected chi connectivity index (χ1v) is 10.9. The second-order valence-corrected chi connectivity index (χ2v) is 9.13. The number of carbonyl (C=O) groups is 1. The summed E-state index contributed by atoms with van der Waals surface area (Å²) < 4.78 is 32.1. The lowest BCUT2D eigenvalue weighted by molar-refractivity contribution is -0.118. The second-order valence-electron chi connectivity index (χ2n) is 7.36. The summed E-state index contributed by atoms with van der Waals surface area (Å²) in [4.78, 5) is 14.1. The van der Waals surface area contributed by atoms with Crippen LogP contribution in [0.2, 0.25) is 0 Å². The van der Waals surface area contributed by atoms with E-state index in [4.69, 9.17) is 0 Å². The van der Waals surface area contributed by atoms with Gasteiger partial charge in [-0.3, -0.25) is 4.79 Å². The third-order valence-electron chi connectivity index (χ3n) is 5.50. The Labute approximate surface area is 162 Å². The number of sulfonamides is 1. The number of aryl methyl sites for hydroxylation is 2. The maximum atomic E-state index is 12.8. The Hall–Kier alpha value is -2.65.